The number of aryl methyl sites for hydroxylation is 1. The molecule has 1 aromatic heterocycles. The van der Waals surface area contributed by atoms with Crippen molar-refractivity contribution in [2.45, 2.75) is 26.8 Å². The minimum atomic E-state index is 0.656. The van der Waals surface area contributed by atoms with Gasteiger partial charge in [0.05, 0.1) is 16.9 Å². The molecule has 0 aliphatic heterocycles. The first kappa shape index (κ1) is 13.1. The van der Waals surface area contributed by atoms with E-state index >= 15 is 0 Å². The third kappa shape index (κ3) is 3.12. The van der Waals surface area contributed by atoms with Crippen molar-refractivity contribution in [3.05, 3.63) is 46.7 Å². The standard InChI is InChI=1S/C14H18ClN3/c1-3-6-16-8-12-4-5-14(11(2)7-12)18-10-13(15)9-17-18/h4-5,7,9-10,16H,3,6,8H2,1-2H3. The first-order chi connectivity index (χ1) is 8.70. The number of nitrogens with zero attached hydrogens (tertiary/aromatic N) is 2. The smallest absolute Gasteiger partial charge is 0.0790 e. The molecular formula is C14H18ClN3. The fourth-order valence-corrected chi connectivity index (χ4v) is 2.06. The fourth-order valence-electron chi connectivity index (χ4n) is 1.93. The molecule has 1 aromatic carbocycles. The normalized spacial score (nSPS) is 10.8. The molecule has 96 valence electrons. The predicted octanol–water partition coefficient (Wildman–Crippen LogP) is 3.33. The van der Waals surface area contributed by atoms with Crippen molar-refractivity contribution in [2.24, 2.45) is 0 Å². The molecule has 0 aliphatic carbocycles. The van der Waals surface area contributed by atoms with Crippen LogP contribution in [0.3, 0.4) is 0 Å². The molecule has 1 N–H and O–H groups in total. The average molecular weight is 264 g/mol. The van der Waals surface area contributed by atoms with E-state index in [1.807, 2.05) is 6.20 Å². The summed E-state index contributed by atoms with van der Waals surface area (Å²) in [4.78, 5) is 0. The fraction of sp³-hybridized carbons (Fsp3) is 0.357. The van der Waals surface area contributed by atoms with Gasteiger partial charge >= 0.3 is 0 Å². The molecule has 18 heavy (non-hydrogen) atoms. The Bertz CT molecular complexity index is 520. The van der Waals surface area contributed by atoms with Gasteiger partial charge in [-0.25, -0.2) is 4.68 Å². The molecule has 0 unspecified atom stereocenters. The third-order valence-electron chi connectivity index (χ3n) is 2.82. The van der Waals surface area contributed by atoms with E-state index in [0.29, 0.717) is 5.02 Å². The van der Waals surface area contributed by atoms with Crippen LogP contribution in [0.2, 0.25) is 5.02 Å². The Hall–Kier alpha value is -1.32. The molecule has 0 bridgehead atoms. The van der Waals surface area contributed by atoms with Crippen LogP contribution in [0.4, 0.5) is 0 Å². The van der Waals surface area contributed by atoms with Crippen LogP contribution in [0, 0.1) is 6.92 Å². The molecule has 0 fully saturated rings. The lowest BCUT2D eigenvalue weighted by Gasteiger charge is -2.09. The second-order valence-corrected chi connectivity index (χ2v) is 4.84. The van der Waals surface area contributed by atoms with Gasteiger partial charge in [0.15, 0.2) is 0 Å². The van der Waals surface area contributed by atoms with Gasteiger partial charge in [0.25, 0.3) is 0 Å². The minimum Gasteiger partial charge on any atom is -0.313 e. The van der Waals surface area contributed by atoms with Crippen molar-refractivity contribution < 1.29 is 0 Å². The molecule has 0 aliphatic rings. The van der Waals surface area contributed by atoms with Crippen molar-refractivity contribution in [3.8, 4) is 5.69 Å². The van der Waals surface area contributed by atoms with Gasteiger partial charge in [-0.15, -0.1) is 0 Å². The topological polar surface area (TPSA) is 29.9 Å². The highest BCUT2D eigenvalue weighted by Crippen LogP contribution is 2.17. The van der Waals surface area contributed by atoms with Crippen LogP contribution in [0.5, 0.6) is 0 Å². The molecule has 3 nitrogen and oxygen atoms in total. The van der Waals surface area contributed by atoms with Crippen molar-refractivity contribution in [1.29, 1.82) is 0 Å². The summed E-state index contributed by atoms with van der Waals surface area (Å²) in [5, 5.41) is 8.28. The molecule has 2 rings (SSSR count). The Morgan fingerprint density at radius 3 is 2.83 bits per heavy atom. The van der Waals surface area contributed by atoms with E-state index in [-0.39, 0.29) is 0 Å². The van der Waals surface area contributed by atoms with E-state index in [9.17, 15) is 0 Å². The summed E-state index contributed by atoms with van der Waals surface area (Å²) in [6.45, 7) is 6.22. The lowest BCUT2D eigenvalue weighted by Crippen LogP contribution is -2.14. The van der Waals surface area contributed by atoms with Gasteiger partial charge in [-0.1, -0.05) is 30.7 Å². The van der Waals surface area contributed by atoms with Crippen LogP contribution in [0.25, 0.3) is 5.69 Å². The van der Waals surface area contributed by atoms with E-state index in [2.05, 4.69) is 42.5 Å². The predicted molar refractivity (Wildman–Crippen MR) is 75.3 cm³/mol. The third-order valence-corrected chi connectivity index (χ3v) is 3.01. The van der Waals surface area contributed by atoms with Crippen LogP contribution < -0.4 is 5.32 Å². The van der Waals surface area contributed by atoms with Crippen molar-refractivity contribution in [3.63, 3.8) is 0 Å². The lowest BCUT2D eigenvalue weighted by molar-refractivity contribution is 0.675. The molecule has 4 heteroatoms. The van der Waals surface area contributed by atoms with Gasteiger partial charge in [-0.3, -0.25) is 0 Å². The number of benzene rings is 1. The summed E-state index contributed by atoms with van der Waals surface area (Å²) in [5.74, 6) is 0. The monoisotopic (exact) mass is 263 g/mol. The summed E-state index contributed by atoms with van der Waals surface area (Å²) >= 11 is 5.89. The summed E-state index contributed by atoms with van der Waals surface area (Å²) in [7, 11) is 0. The molecule has 0 spiro atoms. The highest BCUT2D eigenvalue weighted by molar-refractivity contribution is 6.30. The zero-order chi connectivity index (χ0) is 13.0. The Kier molecular flexibility index (Phi) is 4.39. The van der Waals surface area contributed by atoms with Crippen molar-refractivity contribution in [1.82, 2.24) is 15.1 Å². The van der Waals surface area contributed by atoms with Crippen molar-refractivity contribution >= 4 is 11.6 Å². The van der Waals surface area contributed by atoms with Gasteiger partial charge in [0.1, 0.15) is 0 Å². The van der Waals surface area contributed by atoms with Crippen LogP contribution in [0.15, 0.2) is 30.6 Å². The molecule has 0 atom stereocenters. The van der Waals surface area contributed by atoms with Gasteiger partial charge in [0.2, 0.25) is 0 Å². The van der Waals surface area contributed by atoms with E-state index < -0.39 is 0 Å². The summed E-state index contributed by atoms with van der Waals surface area (Å²) in [6.07, 6.45) is 4.62. The Labute approximate surface area is 113 Å². The van der Waals surface area contributed by atoms with E-state index in [4.69, 9.17) is 11.6 Å². The number of aromatic nitrogens is 2. The largest absolute Gasteiger partial charge is 0.313 e. The minimum absolute atomic E-state index is 0.656. The number of hydrogen-bond donors (Lipinski definition) is 1. The van der Waals surface area contributed by atoms with E-state index in [1.165, 1.54) is 11.1 Å². The second-order valence-electron chi connectivity index (χ2n) is 4.40. The van der Waals surface area contributed by atoms with Crippen molar-refractivity contribution in [2.75, 3.05) is 6.54 Å². The quantitative estimate of drug-likeness (QED) is 0.839. The average Bonchev–Trinajstić information content (AvgIpc) is 2.76. The van der Waals surface area contributed by atoms with Gasteiger partial charge in [-0.05, 0) is 37.1 Å². The molecule has 0 amide bonds. The number of rotatable bonds is 5. The van der Waals surface area contributed by atoms with Gasteiger partial charge < -0.3 is 5.32 Å². The molecule has 0 saturated heterocycles. The highest BCUT2D eigenvalue weighted by atomic mass is 35.5. The lowest BCUT2D eigenvalue weighted by atomic mass is 10.1. The van der Waals surface area contributed by atoms with Crippen LogP contribution >= 0.6 is 11.6 Å². The van der Waals surface area contributed by atoms with Gasteiger partial charge in [-0.2, -0.15) is 5.10 Å². The summed E-state index contributed by atoms with van der Waals surface area (Å²) in [5.41, 5.74) is 3.56. The Morgan fingerprint density at radius 2 is 2.22 bits per heavy atom. The molecule has 1 heterocycles. The first-order valence-electron chi connectivity index (χ1n) is 6.21. The molecule has 0 saturated carbocycles. The molecule has 2 aromatic rings. The maximum atomic E-state index is 5.89. The maximum absolute atomic E-state index is 5.89. The highest BCUT2D eigenvalue weighted by Gasteiger charge is 2.04. The van der Waals surface area contributed by atoms with Crippen LogP contribution in [0.1, 0.15) is 24.5 Å². The summed E-state index contributed by atoms with van der Waals surface area (Å²) in [6, 6.07) is 6.40. The Morgan fingerprint density at radius 1 is 1.39 bits per heavy atom. The van der Waals surface area contributed by atoms with Crippen LogP contribution in [-0.2, 0) is 6.54 Å². The number of halogens is 1. The van der Waals surface area contributed by atoms with Gasteiger partial charge in [0, 0.05) is 12.7 Å². The maximum Gasteiger partial charge on any atom is 0.0790 e. The molecular weight excluding hydrogens is 246 g/mol. The number of hydrogen-bond acceptors (Lipinski definition) is 2. The second kappa shape index (κ2) is 6.03. The number of nitrogens with one attached hydrogen (secondary N) is 1. The zero-order valence-corrected chi connectivity index (χ0v) is 11.5. The summed E-state index contributed by atoms with van der Waals surface area (Å²) < 4.78 is 1.81. The SMILES string of the molecule is CCCNCc1ccc(-n2cc(Cl)cn2)c(C)c1. The van der Waals surface area contributed by atoms with E-state index in [1.54, 1.807) is 10.9 Å². The van der Waals surface area contributed by atoms with E-state index in [0.717, 1.165) is 25.2 Å². The first-order valence-corrected chi connectivity index (χ1v) is 6.59. The Balaban J connectivity index is 2.15. The molecule has 0 radical (unpaired) electrons. The van der Waals surface area contributed by atoms with Crippen LogP contribution in [-0.4, -0.2) is 16.3 Å². The zero-order valence-electron chi connectivity index (χ0n) is 10.8.